The summed E-state index contributed by atoms with van der Waals surface area (Å²) < 4.78 is 0. The highest BCUT2D eigenvalue weighted by atomic mass is 32.1. The Morgan fingerprint density at radius 2 is 2.00 bits per heavy atom. The number of aliphatic carboxylic acids is 1. The van der Waals surface area contributed by atoms with Crippen LogP contribution in [-0.2, 0) is 11.2 Å². The summed E-state index contributed by atoms with van der Waals surface area (Å²) in [5.74, 6) is 0.825. The molecule has 2 fully saturated rings. The molecule has 2 aliphatic heterocycles. The van der Waals surface area contributed by atoms with Gasteiger partial charge in [0.2, 0.25) is 0 Å². The quantitative estimate of drug-likeness (QED) is 0.357. The van der Waals surface area contributed by atoms with Crippen molar-refractivity contribution >= 4 is 28.6 Å². The van der Waals surface area contributed by atoms with E-state index in [9.17, 15) is 9.90 Å². The summed E-state index contributed by atoms with van der Waals surface area (Å²) in [5.41, 5.74) is 3.99. The molecule has 198 valence electrons. The van der Waals surface area contributed by atoms with Crippen LogP contribution in [-0.4, -0.2) is 64.6 Å². The molecule has 3 unspecified atom stereocenters. The molecule has 1 N–H and O–H groups in total. The fraction of sp³-hybridized carbons (Fsp3) is 0.533. The minimum atomic E-state index is -0.692. The van der Waals surface area contributed by atoms with Crippen LogP contribution in [0.1, 0.15) is 65.1 Å². The minimum Gasteiger partial charge on any atom is -0.480 e. The number of thiophene rings is 1. The average Bonchev–Trinajstić information content (AvgIpc) is 3.62. The molecule has 3 atom stereocenters. The van der Waals surface area contributed by atoms with Crippen LogP contribution in [0.5, 0.6) is 0 Å². The smallest absolute Gasteiger partial charge is 0.321 e. The zero-order valence-electron chi connectivity index (χ0n) is 22.2. The monoisotopic (exact) mass is 537 g/mol. The topological polar surface area (TPSA) is 56.7 Å². The van der Waals surface area contributed by atoms with Crippen molar-refractivity contribution in [3.05, 3.63) is 73.9 Å². The van der Waals surface area contributed by atoms with Crippen molar-refractivity contribution in [3.8, 4) is 0 Å². The van der Waals surface area contributed by atoms with Crippen LogP contribution in [0.3, 0.4) is 0 Å². The average molecular weight is 538 g/mol. The van der Waals surface area contributed by atoms with Gasteiger partial charge in [0.25, 0.3) is 0 Å². The second-order valence-corrected chi connectivity index (χ2v) is 13.2. The Bertz CT molecular complexity index is 1170. The lowest BCUT2D eigenvalue weighted by Crippen LogP contribution is -2.44. The maximum Gasteiger partial charge on any atom is 0.321 e. The van der Waals surface area contributed by atoms with E-state index in [-0.39, 0.29) is 5.92 Å². The van der Waals surface area contributed by atoms with Crippen molar-refractivity contribution in [3.63, 3.8) is 0 Å². The van der Waals surface area contributed by atoms with E-state index in [4.69, 9.17) is 4.98 Å². The number of piperidine rings is 1. The standard InChI is InChI=1S/C30H39N3O2S2/c1-20(2)29(30(34)35)33-17-25(26(18-33)24-6-4-5-21(3)13-24)16-32-10-7-23(8-11-32)27-15-31-28(37-27)14-22-9-12-36-19-22/h4-6,9,12-13,15,19-20,23,25-26,29H,7-8,10-11,14,16-18H2,1-3H3,(H,34,35). The number of carboxylic acid groups (broad SMARTS) is 1. The molecule has 5 nitrogen and oxygen atoms in total. The van der Waals surface area contributed by atoms with E-state index in [0.29, 0.717) is 17.8 Å². The predicted molar refractivity (Wildman–Crippen MR) is 153 cm³/mol. The molecule has 0 saturated carbocycles. The van der Waals surface area contributed by atoms with Crippen LogP contribution in [0.25, 0.3) is 0 Å². The highest BCUT2D eigenvalue weighted by Gasteiger charge is 2.41. The van der Waals surface area contributed by atoms with E-state index < -0.39 is 12.0 Å². The summed E-state index contributed by atoms with van der Waals surface area (Å²) in [4.78, 5) is 23.2. The van der Waals surface area contributed by atoms with Crippen molar-refractivity contribution < 1.29 is 9.90 Å². The van der Waals surface area contributed by atoms with Gasteiger partial charge in [0.05, 0.1) is 5.01 Å². The molecule has 2 saturated heterocycles. The fourth-order valence-electron chi connectivity index (χ4n) is 6.35. The van der Waals surface area contributed by atoms with Crippen molar-refractivity contribution in [1.82, 2.24) is 14.8 Å². The van der Waals surface area contributed by atoms with Gasteiger partial charge in [-0.05, 0) is 78.6 Å². The Balaban J connectivity index is 1.23. The first-order valence-corrected chi connectivity index (χ1v) is 15.3. The molecule has 4 heterocycles. The molecule has 1 aromatic carbocycles. The minimum absolute atomic E-state index is 0.0918. The Morgan fingerprint density at radius 1 is 1.19 bits per heavy atom. The van der Waals surface area contributed by atoms with E-state index in [0.717, 1.165) is 39.1 Å². The van der Waals surface area contributed by atoms with Crippen LogP contribution < -0.4 is 0 Å². The van der Waals surface area contributed by atoms with Gasteiger partial charge in [0, 0.05) is 43.0 Å². The Labute approximate surface area is 229 Å². The number of aromatic nitrogens is 1. The summed E-state index contributed by atoms with van der Waals surface area (Å²) >= 11 is 3.64. The number of hydrogen-bond donors (Lipinski definition) is 1. The Hall–Kier alpha value is -2.06. The second-order valence-electron chi connectivity index (χ2n) is 11.3. The Kier molecular flexibility index (Phi) is 8.44. The molecular formula is C30H39N3O2S2. The van der Waals surface area contributed by atoms with Gasteiger partial charge in [0.15, 0.2) is 0 Å². The summed E-state index contributed by atoms with van der Waals surface area (Å²) in [6.07, 6.45) is 5.41. The van der Waals surface area contributed by atoms with Gasteiger partial charge in [-0.2, -0.15) is 11.3 Å². The number of thiazole rings is 1. The van der Waals surface area contributed by atoms with Crippen molar-refractivity contribution in [1.29, 1.82) is 0 Å². The molecule has 37 heavy (non-hydrogen) atoms. The lowest BCUT2D eigenvalue weighted by Gasteiger charge is -2.34. The molecule has 0 spiro atoms. The van der Waals surface area contributed by atoms with Gasteiger partial charge >= 0.3 is 5.97 Å². The van der Waals surface area contributed by atoms with Crippen molar-refractivity contribution in [2.24, 2.45) is 11.8 Å². The zero-order chi connectivity index (χ0) is 25.9. The molecule has 0 bridgehead atoms. The number of hydrogen-bond acceptors (Lipinski definition) is 6. The maximum atomic E-state index is 12.1. The van der Waals surface area contributed by atoms with Gasteiger partial charge in [-0.1, -0.05) is 43.7 Å². The van der Waals surface area contributed by atoms with E-state index >= 15 is 0 Å². The summed E-state index contributed by atoms with van der Waals surface area (Å²) in [7, 11) is 0. The molecule has 0 amide bonds. The van der Waals surface area contributed by atoms with Crippen LogP contribution in [0.15, 0.2) is 47.3 Å². The third-order valence-electron chi connectivity index (χ3n) is 8.21. The third-order valence-corrected chi connectivity index (χ3v) is 10.1. The second kappa shape index (κ2) is 11.8. The SMILES string of the molecule is Cc1cccc(C2CN(C(C(=O)O)C(C)C)CC2CN2CCC(c3cnc(Cc4ccsc4)s3)CC2)c1. The van der Waals surface area contributed by atoms with Gasteiger partial charge in [-0.25, -0.2) is 4.98 Å². The highest BCUT2D eigenvalue weighted by Crippen LogP contribution is 2.38. The number of carbonyl (C=O) groups is 1. The van der Waals surface area contributed by atoms with E-state index in [2.05, 4.69) is 64.0 Å². The highest BCUT2D eigenvalue weighted by molar-refractivity contribution is 7.11. The molecule has 0 radical (unpaired) electrons. The van der Waals surface area contributed by atoms with E-state index in [1.165, 1.54) is 39.4 Å². The van der Waals surface area contributed by atoms with E-state index in [1.807, 2.05) is 25.2 Å². The molecular weight excluding hydrogens is 498 g/mol. The van der Waals surface area contributed by atoms with Gasteiger partial charge < -0.3 is 10.0 Å². The van der Waals surface area contributed by atoms with Crippen LogP contribution in [0, 0.1) is 18.8 Å². The first-order chi connectivity index (χ1) is 17.9. The first-order valence-electron chi connectivity index (χ1n) is 13.6. The third kappa shape index (κ3) is 6.33. The van der Waals surface area contributed by atoms with Crippen LogP contribution in [0.4, 0.5) is 0 Å². The molecule has 7 heteroatoms. The molecule has 2 aliphatic rings. The number of benzene rings is 1. The fourth-order valence-corrected chi connectivity index (χ4v) is 8.15. The predicted octanol–water partition coefficient (Wildman–Crippen LogP) is 6.11. The lowest BCUT2D eigenvalue weighted by molar-refractivity contribution is -0.144. The first kappa shape index (κ1) is 26.5. The number of rotatable bonds is 9. The largest absolute Gasteiger partial charge is 0.480 e. The molecule has 0 aliphatic carbocycles. The molecule has 5 rings (SSSR count). The van der Waals surface area contributed by atoms with Gasteiger partial charge in [-0.3, -0.25) is 9.69 Å². The van der Waals surface area contributed by atoms with Crippen molar-refractivity contribution in [2.75, 3.05) is 32.7 Å². The summed E-state index contributed by atoms with van der Waals surface area (Å²) in [6.45, 7) is 11.1. The van der Waals surface area contributed by atoms with E-state index in [1.54, 1.807) is 11.3 Å². The number of aryl methyl sites for hydroxylation is 1. The van der Waals surface area contributed by atoms with Crippen LogP contribution >= 0.6 is 22.7 Å². The zero-order valence-corrected chi connectivity index (χ0v) is 23.8. The van der Waals surface area contributed by atoms with Crippen LogP contribution in [0.2, 0.25) is 0 Å². The summed E-state index contributed by atoms with van der Waals surface area (Å²) in [5, 5.41) is 15.5. The van der Waals surface area contributed by atoms with Gasteiger partial charge in [0.1, 0.15) is 6.04 Å². The number of likely N-dealkylation sites (tertiary alicyclic amines) is 2. The molecule has 3 aromatic rings. The Morgan fingerprint density at radius 3 is 2.68 bits per heavy atom. The summed E-state index contributed by atoms with van der Waals surface area (Å²) in [6, 6.07) is 10.6. The molecule has 2 aromatic heterocycles. The maximum absolute atomic E-state index is 12.1. The van der Waals surface area contributed by atoms with Crippen molar-refractivity contribution in [2.45, 2.75) is 57.9 Å². The normalized spacial score (nSPS) is 22.6. The lowest BCUT2D eigenvalue weighted by atomic mass is 9.87. The number of nitrogens with zero attached hydrogens (tertiary/aromatic N) is 3. The number of carboxylic acids is 1. The van der Waals surface area contributed by atoms with Gasteiger partial charge in [-0.15, -0.1) is 11.3 Å².